The van der Waals surface area contributed by atoms with Crippen LogP contribution in [0.2, 0.25) is 0 Å². The van der Waals surface area contributed by atoms with E-state index in [1.807, 2.05) is 6.07 Å². The second-order valence-corrected chi connectivity index (χ2v) is 9.50. The summed E-state index contributed by atoms with van der Waals surface area (Å²) in [7, 11) is 0. The number of carbonyl (C=O) groups excluding carboxylic acids is 1. The predicted molar refractivity (Wildman–Crippen MR) is 132 cm³/mol. The van der Waals surface area contributed by atoms with Gasteiger partial charge in [0.1, 0.15) is 12.4 Å². The Bertz CT molecular complexity index is 1290. The summed E-state index contributed by atoms with van der Waals surface area (Å²) >= 11 is 0. The van der Waals surface area contributed by atoms with E-state index in [1.165, 1.54) is 18.6 Å². The molecule has 192 valence electrons. The SMILES string of the molecule is CC1(C(=O)NCC#N)COC(c2nc(-c3ccc(F)cc3)c(-c3ccnc(N4CCCCC4)n3)[nH]2)OC1. The van der Waals surface area contributed by atoms with Gasteiger partial charge >= 0.3 is 0 Å². The van der Waals surface area contributed by atoms with E-state index in [0.29, 0.717) is 34.4 Å². The Morgan fingerprint density at radius 3 is 2.62 bits per heavy atom. The number of H-pyrrole nitrogens is 1. The fourth-order valence-corrected chi connectivity index (χ4v) is 4.47. The summed E-state index contributed by atoms with van der Waals surface area (Å²) in [4.78, 5) is 32.0. The van der Waals surface area contributed by atoms with Crippen molar-refractivity contribution in [2.45, 2.75) is 32.5 Å². The van der Waals surface area contributed by atoms with Gasteiger partial charge in [0.15, 0.2) is 5.82 Å². The summed E-state index contributed by atoms with van der Waals surface area (Å²) in [5.74, 6) is 0.406. The Labute approximate surface area is 213 Å². The molecule has 1 aromatic carbocycles. The maximum absolute atomic E-state index is 13.7. The van der Waals surface area contributed by atoms with Crippen molar-refractivity contribution >= 4 is 11.9 Å². The Balaban J connectivity index is 1.45. The molecule has 2 fully saturated rings. The molecule has 0 saturated carbocycles. The van der Waals surface area contributed by atoms with Crippen LogP contribution in [-0.2, 0) is 14.3 Å². The Morgan fingerprint density at radius 2 is 1.92 bits per heavy atom. The van der Waals surface area contributed by atoms with Crippen LogP contribution in [0.5, 0.6) is 0 Å². The molecule has 11 heteroatoms. The molecule has 0 unspecified atom stereocenters. The summed E-state index contributed by atoms with van der Waals surface area (Å²) in [5.41, 5.74) is 1.62. The molecule has 2 aliphatic rings. The first-order chi connectivity index (χ1) is 18.0. The number of carbonyl (C=O) groups is 1. The number of nitrogens with one attached hydrogen (secondary N) is 2. The number of ether oxygens (including phenoxy) is 2. The van der Waals surface area contributed by atoms with E-state index < -0.39 is 11.7 Å². The third-order valence-corrected chi connectivity index (χ3v) is 6.58. The average Bonchev–Trinajstić information content (AvgIpc) is 3.38. The second-order valence-electron chi connectivity index (χ2n) is 9.50. The number of amides is 1. The van der Waals surface area contributed by atoms with Crippen LogP contribution >= 0.6 is 0 Å². The van der Waals surface area contributed by atoms with Gasteiger partial charge in [-0.25, -0.2) is 19.3 Å². The number of nitriles is 1. The van der Waals surface area contributed by atoms with E-state index in [4.69, 9.17) is 24.7 Å². The molecule has 0 radical (unpaired) electrons. The van der Waals surface area contributed by atoms with E-state index in [1.54, 1.807) is 31.3 Å². The molecule has 2 aliphatic heterocycles. The van der Waals surface area contributed by atoms with Gasteiger partial charge in [-0.1, -0.05) is 0 Å². The van der Waals surface area contributed by atoms with Crippen molar-refractivity contribution < 1.29 is 18.7 Å². The number of piperidine rings is 1. The first-order valence-corrected chi connectivity index (χ1v) is 12.3. The quantitative estimate of drug-likeness (QED) is 0.488. The zero-order chi connectivity index (χ0) is 25.8. The highest BCUT2D eigenvalue weighted by molar-refractivity contribution is 5.83. The fraction of sp³-hybridized carbons (Fsp3) is 0.423. The molecule has 0 aliphatic carbocycles. The van der Waals surface area contributed by atoms with Gasteiger partial charge in [0.25, 0.3) is 0 Å². The lowest BCUT2D eigenvalue weighted by atomic mass is 9.91. The van der Waals surface area contributed by atoms with Crippen molar-refractivity contribution in [3.05, 3.63) is 48.2 Å². The average molecular weight is 506 g/mol. The highest BCUT2D eigenvalue weighted by atomic mass is 19.1. The predicted octanol–water partition coefficient (Wildman–Crippen LogP) is 3.35. The molecule has 2 N–H and O–H groups in total. The third kappa shape index (κ3) is 5.30. The maximum Gasteiger partial charge on any atom is 0.231 e. The Morgan fingerprint density at radius 1 is 1.19 bits per heavy atom. The number of halogens is 1. The maximum atomic E-state index is 13.7. The summed E-state index contributed by atoms with van der Waals surface area (Å²) in [5, 5.41) is 11.3. The molecule has 2 saturated heterocycles. The zero-order valence-electron chi connectivity index (χ0n) is 20.5. The van der Waals surface area contributed by atoms with Crippen LogP contribution in [0.3, 0.4) is 0 Å². The van der Waals surface area contributed by atoms with E-state index in [0.717, 1.165) is 25.9 Å². The van der Waals surface area contributed by atoms with Crippen molar-refractivity contribution in [2.75, 3.05) is 37.7 Å². The zero-order valence-corrected chi connectivity index (χ0v) is 20.5. The van der Waals surface area contributed by atoms with E-state index in [9.17, 15) is 9.18 Å². The number of rotatable bonds is 6. The lowest BCUT2D eigenvalue weighted by molar-refractivity contribution is -0.230. The van der Waals surface area contributed by atoms with Gasteiger partial charge in [-0.05, 0) is 56.5 Å². The molecule has 10 nitrogen and oxygen atoms in total. The normalized spacial score (nSPS) is 21.9. The molecule has 37 heavy (non-hydrogen) atoms. The van der Waals surface area contributed by atoms with Crippen molar-refractivity contribution in [1.29, 1.82) is 5.26 Å². The fourth-order valence-electron chi connectivity index (χ4n) is 4.47. The molecule has 4 heterocycles. The van der Waals surface area contributed by atoms with E-state index >= 15 is 0 Å². The largest absolute Gasteiger partial charge is 0.345 e. The molecule has 2 aromatic heterocycles. The minimum Gasteiger partial charge on any atom is -0.345 e. The highest BCUT2D eigenvalue weighted by Gasteiger charge is 2.40. The van der Waals surface area contributed by atoms with E-state index in [-0.39, 0.29) is 31.5 Å². The summed E-state index contributed by atoms with van der Waals surface area (Å²) in [6.07, 6.45) is 4.29. The minimum absolute atomic E-state index is 0.0845. The van der Waals surface area contributed by atoms with E-state index in [2.05, 4.69) is 20.2 Å². The van der Waals surface area contributed by atoms with Gasteiger partial charge in [0.05, 0.1) is 41.8 Å². The van der Waals surface area contributed by atoms with Gasteiger partial charge in [-0.2, -0.15) is 5.26 Å². The smallest absolute Gasteiger partial charge is 0.231 e. The van der Waals surface area contributed by atoms with Crippen LogP contribution in [0.1, 0.15) is 38.3 Å². The summed E-state index contributed by atoms with van der Waals surface area (Å²) < 4.78 is 25.4. The third-order valence-electron chi connectivity index (χ3n) is 6.58. The van der Waals surface area contributed by atoms with Gasteiger partial charge in [-0.15, -0.1) is 0 Å². The number of hydrogen-bond donors (Lipinski definition) is 2. The molecule has 1 amide bonds. The minimum atomic E-state index is -0.932. The summed E-state index contributed by atoms with van der Waals surface area (Å²) in [6.45, 7) is 3.63. The topological polar surface area (TPSA) is 129 Å². The Hall–Kier alpha value is -3.88. The number of hydrogen-bond acceptors (Lipinski definition) is 8. The number of nitrogens with zero attached hydrogens (tertiary/aromatic N) is 5. The number of benzene rings is 1. The molecular formula is C26H28FN7O3. The molecule has 0 atom stereocenters. The van der Waals surface area contributed by atoms with Crippen molar-refractivity contribution in [1.82, 2.24) is 25.3 Å². The van der Waals surface area contributed by atoms with Gasteiger partial charge in [-0.3, -0.25) is 4.79 Å². The number of anilines is 1. The summed E-state index contributed by atoms with van der Waals surface area (Å²) in [6, 6.07) is 9.77. The lowest BCUT2D eigenvalue weighted by Crippen LogP contribution is -2.48. The lowest BCUT2D eigenvalue weighted by Gasteiger charge is -2.35. The van der Waals surface area contributed by atoms with Crippen molar-refractivity contribution in [3.8, 4) is 28.7 Å². The standard InChI is InChI=1S/C26H28FN7O3/c1-26(24(35)29-12-10-28)15-36-23(37-16-26)22-32-20(17-5-7-18(27)8-6-17)21(33-22)19-9-11-30-25(31-19)34-13-3-2-4-14-34/h5-9,11,23H,2-4,12-16H2,1H3,(H,29,35)(H,32,33). The van der Waals surface area contributed by atoms with Gasteiger partial charge in [0, 0.05) is 24.8 Å². The van der Waals surface area contributed by atoms with Crippen LogP contribution in [0.15, 0.2) is 36.5 Å². The van der Waals surface area contributed by atoms with Crippen LogP contribution in [-0.4, -0.2) is 58.7 Å². The van der Waals surface area contributed by atoms with Crippen LogP contribution in [0.4, 0.5) is 10.3 Å². The highest BCUT2D eigenvalue weighted by Crippen LogP contribution is 2.35. The number of aromatic amines is 1. The van der Waals surface area contributed by atoms with Crippen LogP contribution < -0.4 is 10.2 Å². The Kier molecular flexibility index (Phi) is 7.12. The van der Waals surface area contributed by atoms with Gasteiger partial charge in [0.2, 0.25) is 18.1 Å². The number of imidazole rings is 1. The van der Waals surface area contributed by atoms with Crippen LogP contribution in [0, 0.1) is 22.6 Å². The molecule has 0 spiro atoms. The second kappa shape index (κ2) is 10.6. The first kappa shape index (κ1) is 24.8. The monoisotopic (exact) mass is 505 g/mol. The van der Waals surface area contributed by atoms with Crippen LogP contribution in [0.25, 0.3) is 22.6 Å². The molecular weight excluding hydrogens is 477 g/mol. The van der Waals surface area contributed by atoms with Crippen molar-refractivity contribution in [3.63, 3.8) is 0 Å². The first-order valence-electron chi connectivity index (χ1n) is 12.3. The molecule has 0 bridgehead atoms. The molecule has 3 aromatic rings. The molecule has 5 rings (SSSR count). The van der Waals surface area contributed by atoms with Gasteiger partial charge < -0.3 is 24.7 Å². The number of aromatic nitrogens is 4. The van der Waals surface area contributed by atoms with Crippen molar-refractivity contribution in [2.24, 2.45) is 5.41 Å².